The Bertz CT molecular complexity index is 517. The zero-order chi connectivity index (χ0) is 15.4. The second-order valence-corrected chi connectivity index (χ2v) is 4.95. The Hall–Kier alpha value is -2.15. The summed E-state index contributed by atoms with van der Waals surface area (Å²) >= 11 is 0. The summed E-state index contributed by atoms with van der Waals surface area (Å²) < 4.78 is 5.22. The van der Waals surface area contributed by atoms with Gasteiger partial charge in [0, 0.05) is 12.2 Å². The van der Waals surface area contributed by atoms with Crippen LogP contribution in [0.2, 0.25) is 0 Å². The van der Waals surface area contributed by atoms with E-state index in [9.17, 15) is 14.7 Å². The van der Waals surface area contributed by atoms with Gasteiger partial charge in [-0.3, -0.25) is 9.78 Å². The normalized spacial score (nSPS) is 21.0. The van der Waals surface area contributed by atoms with Crippen molar-refractivity contribution >= 4 is 17.7 Å². The van der Waals surface area contributed by atoms with Gasteiger partial charge in [0.2, 0.25) is 0 Å². The van der Waals surface area contributed by atoms with Crippen molar-refractivity contribution < 1.29 is 19.4 Å². The first kappa shape index (κ1) is 15.2. The second-order valence-electron chi connectivity index (χ2n) is 4.95. The lowest BCUT2D eigenvalue weighted by Crippen LogP contribution is -2.48. The van der Waals surface area contributed by atoms with E-state index >= 15 is 0 Å². The number of ether oxygens (including phenoxy) is 1. The van der Waals surface area contributed by atoms with Crippen LogP contribution >= 0.6 is 0 Å². The molecule has 2 atom stereocenters. The minimum Gasteiger partial charge on any atom is -0.481 e. The minimum absolute atomic E-state index is 0.135. The van der Waals surface area contributed by atoms with Crippen molar-refractivity contribution in [1.29, 1.82) is 0 Å². The van der Waals surface area contributed by atoms with Gasteiger partial charge in [-0.1, -0.05) is 0 Å². The fourth-order valence-corrected chi connectivity index (χ4v) is 2.35. The van der Waals surface area contributed by atoms with Gasteiger partial charge in [0.05, 0.1) is 31.1 Å². The SMILES string of the molecule is CCN(C(=O)Nc1ccc(C)nc1)C1COCC1C(=O)O. The summed E-state index contributed by atoms with van der Waals surface area (Å²) in [7, 11) is 0. The van der Waals surface area contributed by atoms with Gasteiger partial charge in [-0.05, 0) is 26.0 Å². The largest absolute Gasteiger partial charge is 0.481 e. The van der Waals surface area contributed by atoms with Crippen molar-refractivity contribution in [1.82, 2.24) is 9.88 Å². The zero-order valence-electron chi connectivity index (χ0n) is 12.1. The third-order valence-electron chi connectivity index (χ3n) is 3.53. The highest BCUT2D eigenvalue weighted by Gasteiger charge is 2.39. The molecular weight excluding hydrogens is 274 g/mol. The van der Waals surface area contributed by atoms with Gasteiger partial charge in [-0.15, -0.1) is 0 Å². The summed E-state index contributed by atoms with van der Waals surface area (Å²) in [5.74, 6) is -1.63. The Morgan fingerprint density at radius 3 is 2.81 bits per heavy atom. The number of carboxylic acid groups (broad SMARTS) is 1. The van der Waals surface area contributed by atoms with Crippen LogP contribution in [-0.2, 0) is 9.53 Å². The molecule has 7 nitrogen and oxygen atoms in total. The zero-order valence-corrected chi connectivity index (χ0v) is 12.1. The van der Waals surface area contributed by atoms with Crippen LogP contribution in [0.25, 0.3) is 0 Å². The van der Waals surface area contributed by atoms with Gasteiger partial charge in [-0.2, -0.15) is 0 Å². The summed E-state index contributed by atoms with van der Waals surface area (Å²) in [6.07, 6.45) is 1.57. The summed E-state index contributed by atoms with van der Waals surface area (Å²) in [6.45, 7) is 4.45. The van der Waals surface area contributed by atoms with Crippen molar-refractivity contribution in [3.63, 3.8) is 0 Å². The van der Waals surface area contributed by atoms with E-state index in [2.05, 4.69) is 10.3 Å². The number of carbonyl (C=O) groups excluding carboxylic acids is 1. The summed E-state index contributed by atoms with van der Waals surface area (Å²) in [6, 6.07) is 2.76. The van der Waals surface area contributed by atoms with E-state index in [1.54, 1.807) is 18.3 Å². The molecule has 0 aromatic carbocycles. The highest BCUT2D eigenvalue weighted by Crippen LogP contribution is 2.21. The Labute approximate surface area is 122 Å². The Morgan fingerprint density at radius 2 is 2.24 bits per heavy atom. The van der Waals surface area contributed by atoms with Crippen molar-refractivity contribution in [2.45, 2.75) is 19.9 Å². The Morgan fingerprint density at radius 1 is 1.48 bits per heavy atom. The highest BCUT2D eigenvalue weighted by atomic mass is 16.5. The van der Waals surface area contributed by atoms with Crippen molar-refractivity contribution in [3.8, 4) is 0 Å². The molecule has 2 rings (SSSR count). The van der Waals surface area contributed by atoms with Crippen LogP contribution in [0.4, 0.5) is 10.5 Å². The molecule has 2 unspecified atom stereocenters. The Kier molecular flexibility index (Phi) is 4.74. The van der Waals surface area contributed by atoms with E-state index in [0.29, 0.717) is 12.2 Å². The molecule has 2 N–H and O–H groups in total. The summed E-state index contributed by atoms with van der Waals surface area (Å²) in [5, 5.41) is 11.9. The summed E-state index contributed by atoms with van der Waals surface area (Å²) in [4.78, 5) is 29.1. The molecule has 0 aliphatic carbocycles. The van der Waals surface area contributed by atoms with Crippen LogP contribution in [-0.4, -0.2) is 52.8 Å². The molecule has 1 saturated heterocycles. The van der Waals surface area contributed by atoms with E-state index in [-0.39, 0.29) is 19.2 Å². The van der Waals surface area contributed by atoms with Crippen molar-refractivity contribution in [2.75, 3.05) is 25.1 Å². The molecule has 0 radical (unpaired) electrons. The van der Waals surface area contributed by atoms with E-state index in [4.69, 9.17) is 4.74 Å². The standard InChI is InChI=1S/C14H19N3O4/c1-3-17(12-8-21-7-11(12)13(18)19)14(20)16-10-5-4-9(2)15-6-10/h4-6,11-12H,3,7-8H2,1-2H3,(H,16,20)(H,18,19). The number of aliphatic carboxylic acids is 1. The Balaban J connectivity index is 2.07. The van der Waals surface area contributed by atoms with Gasteiger partial charge in [0.15, 0.2) is 0 Å². The number of urea groups is 1. The van der Waals surface area contributed by atoms with E-state index in [0.717, 1.165) is 5.69 Å². The van der Waals surface area contributed by atoms with E-state index < -0.39 is 17.9 Å². The molecule has 0 saturated carbocycles. The third kappa shape index (κ3) is 3.49. The molecule has 1 aromatic heterocycles. The lowest BCUT2D eigenvalue weighted by atomic mass is 10.0. The average molecular weight is 293 g/mol. The maximum absolute atomic E-state index is 12.3. The number of nitrogens with one attached hydrogen (secondary N) is 1. The number of nitrogens with zero attached hydrogens (tertiary/aromatic N) is 2. The van der Waals surface area contributed by atoms with Crippen LogP contribution in [0.3, 0.4) is 0 Å². The molecule has 114 valence electrons. The van der Waals surface area contributed by atoms with Gasteiger partial charge in [-0.25, -0.2) is 4.79 Å². The quantitative estimate of drug-likeness (QED) is 0.874. The van der Waals surface area contributed by atoms with Gasteiger partial charge >= 0.3 is 12.0 Å². The molecule has 1 aliphatic rings. The molecule has 2 heterocycles. The smallest absolute Gasteiger partial charge is 0.322 e. The van der Waals surface area contributed by atoms with Crippen LogP contribution in [0.5, 0.6) is 0 Å². The maximum Gasteiger partial charge on any atom is 0.322 e. The first-order chi connectivity index (χ1) is 10.0. The predicted octanol–water partition coefficient (Wildman–Crippen LogP) is 1.34. The number of amides is 2. The predicted molar refractivity (Wildman–Crippen MR) is 76.1 cm³/mol. The lowest BCUT2D eigenvalue weighted by molar-refractivity contribution is -0.142. The van der Waals surface area contributed by atoms with E-state index in [1.807, 2.05) is 13.8 Å². The molecule has 1 aromatic rings. The fraction of sp³-hybridized carbons (Fsp3) is 0.500. The molecule has 21 heavy (non-hydrogen) atoms. The van der Waals surface area contributed by atoms with Crippen LogP contribution in [0.15, 0.2) is 18.3 Å². The van der Waals surface area contributed by atoms with Crippen molar-refractivity contribution in [2.24, 2.45) is 5.92 Å². The maximum atomic E-state index is 12.3. The van der Waals surface area contributed by atoms with Gasteiger partial charge in [0.1, 0.15) is 5.92 Å². The highest BCUT2D eigenvalue weighted by molar-refractivity contribution is 5.89. The topological polar surface area (TPSA) is 91.8 Å². The van der Waals surface area contributed by atoms with Gasteiger partial charge in [0.25, 0.3) is 0 Å². The number of carbonyl (C=O) groups is 2. The number of rotatable bonds is 4. The summed E-state index contributed by atoms with van der Waals surface area (Å²) in [5.41, 5.74) is 1.44. The number of hydrogen-bond donors (Lipinski definition) is 2. The second kappa shape index (κ2) is 6.53. The number of aromatic nitrogens is 1. The minimum atomic E-state index is -0.944. The first-order valence-corrected chi connectivity index (χ1v) is 6.83. The first-order valence-electron chi connectivity index (χ1n) is 6.83. The number of likely N-dealkylation sites (N-methyl/N-ethyl adjacent to an activating group) is 1. The number of pyridine rings is 1. The van der Waals surface area contributed by atoms with Crippen LogP contribution in [0.1, 0.15) is 12.6 Å². The van der Waals surface area contributed by atoms with Crippen molar-refractivity contribution in [3.05, 3.63) is 24.0 Å². The number of anilines is 1. The molecular formula is C14H19N3O4. The molecule has 1 aliphatic heterocycles. The molecule has 0 bridgehead atoms. The van der Waals surface area contributed by atoms with Gasteiger partial charge < -0.3 is 20.1 Å². The molecule has 1 fully saturated rings. The molecule has 7 heteroatoms. The number of hydrogen-bond acceptors (Lipinski definition) is 4. The monoisotopic (exact) mass is 293 g/mol. The molecule has 0 spiro atoms. The third-order valence-corrected chi connectivity index (χ3v) is 3.53. The van der Waals surface area contributed by atoms with E-state index in [1.165, 1.54) is 4.90 Å². The fourth-order valence-electron chi connectivity index (χ4n) is 2.35. The average Bonchev–Trinajstić information content (AvgIpc) is 2.91. The van der Waals surface area contributed by atoms with Crippen LogP contribution in [0, 0.1) is 12.8 Å². The number of carboxylic acids is 1. The lowest BCUT2D eigenvalue weighted by Gasteiger charge is -2.29. The number of aryl methyl sites for hydroxylation is 1. The molecule has 2 amide bonds. The van der Waals surface area contributed by atoms with Crippen LogP contribution < -0.4 is 5.32 Å².